The van der Waals surface area contributed by atoms with Gasteiger partial charge in [-0.05, 0) is 30.3 Å². The molecular formula is C15H12N2O3. The van der Waals surface area contributed by atoms with Gasteiger partial charge in [0.25, 0.3) is 11.7 Å². The second-order valence-electron chi connectivity index (χ2n) is 4.48. The maximum atomic E-state index is 11.8. The van der Waals surface area contributed by atoms with Gasteiger partial charge in [0, 0.05) is 13.2 Å². The number of aromatic nitrogens is 1. The van der Waals surface area contributed by atoms with E-state index in [1.54, 1.807) is 31.4 Å². The zero-order valence-corrected chi connectivity index (χ0v) is 10.9. The molecule has 0 aliphatic carbocycles. The summed E-state index contributed by atoms with van der Waals surface area (Å²) in [5, 5.41) is 0. The molecule has 5 heteroatoms. The maximum absolute atomic E-state index is 11.8. The summed E-state index contributed by atoms with van der Waals surface area (Å²) in [7, 11) is 1.58. The maximum Gasteiger partial charge on any atom is 0.299 e. The fourth-order valence-electron chi connectivity index (χ4n) is 2.10. The number of ketones is 1. The van der Waals surface area contributed by atoms with Crippen molar-refractivity contribution in [1.29, 1.82) is 0 Å². The first-order valence-electron chi connectivity index (χ1n) is 6.16. The first-order valence-corrected chi connectivity index (χ1v) is 6.16. The first-order chi connectivity index (χ1) is 9.66. The number of rotatable bonds is 3. The van der Waals surface area contributed by atoms with Crippen LogP contribution in [0.4, 0.5) is 5.69 Å². The molecule has 0 bridgehead atoms. The van der Waals surface area contributed by atoms with Crippen LogP contribution in [-0.4, -0.2) is 23.7 Å². The second kappa shape index (κ2) is 4.77. The molecule has 0 N–H and O–H groups in total. The summed E-state index contributed by atoms with van der Waals surface area (Å²) in [6, 6.07) is 10.6. The van der Waals surface area contributed by atoms with Gasteiger partial charge in [-0.2, -0.15) is 0 Å². The van der Waals surface area contributed by atoms with Crippen molar-refractivity contribution in [3.8, 4) is 5.75 Å². The molecule has 1 aliphatic heterocycles. The van der Waals surface area contributed by atoms with Crippen LogP contribution >= 0.6 is 0 Å². The third-order valence-electron chi connectivity index (χ3n) is 3.19. The van der Waals surface area contributed by atoms with Crippen LogP contribution in [0.3, 0.4) is 0 Å². The Balaban J connectivity index is 1.80. The molecule has 100 valence electrons. The van der Waals surface area contributed by atoms with E-state index in [9.17, 15) is 9.59 Å². The molecule has 5 nitrogen and oxygen atoms in total. The zero-order valence-electron chi connectivity index (χ0n) is 10.9. The molecule has 1 aromatic heterocycles. The number of pyridine rings is 1. The molecule has 0 atom stereocenters. The predicted molar refractivity (Wildman–Crippen MR) is 72.8 cm³/mol. The van der Waals surface area contributed by atoms with Crippen LogP contribution in [0.15, 0.2) is 42.6 Å². The summed E-state index contributed by atoms with van der Waals surface area (Å²) in [6.45, 7) is 0.317. The van der Waals surface area contributed by atoms with Crippen molar-refractivity contribution in [3.63, 3.8) is 0 Å². The Morgan fingerprint density at radius 3 is 2.80 bits per heavy atom. The van der Waals surface area contributed by atoms with E-state index < -0.39 is 11.7 Å². The van der Waals surface area contributed by atoms with Gasteiger partial charge in [-0.25, -0.2) is 0 Å². The molecule has 0 unspecified atom stereocenters. The number of carbonyl (C=O) groups is 2. The number of hydrogen-bond acceptors (Lipinski definition) is 4. The van der Waals surface area contributed by atoms with E-state index in [0.717, 1.165) is 5.69 Å². The molecule has 0 spiro atoms. The number of hydrogen-bond donors (Lipinski definition) is 0. The van der Waals surface area contributed by atoms with Crippen molar-refractivity contribution in [3.05, 3.63) is 53.9 Å². The molecule has 0 fully saturated rings. The fraction of sp³-hybridized carbons (Fsp3) is 0.133. The summed E-state index contributed by atoms with van der Waals surface area (Å²) in [4.78, 5) is 28.9. The molecular weight excluding hydrogens is 256 g/mol. The van der Waals surface area contributed by atoms with Crippen LogP contribution < -0.4 is 9.64 Å². The average molecular weight is 268 g/mol. The number of carbonyl (C=O) groups excluding carboxylic acids is 2. The Morgan fingerprint density at radius 2 is 2.05 bits per heavy atom. The molecule has 0 saturated carbocycles. The van der Waals surface area contributed by atoms with Crippen LogP contribution in [0.1, 0.15) is 16.1 Å². The highest BCUT2D eigenvalue weighted by Gasteiger charge is 2.33. The van der Waals surface area contributed by atoms with Crippen LogP contribution in [0.2, 0.25) is 0 Å². The van der Waals surface area contributed by atoms with E-state index in [0.29, 0.717) is 23.6 Å². The lowest BCUT2D eigenvalue weighted by molar-refractivity contribution is -0.114. The van der Waals surface area contributed by atoms with E-state index in [-0.39, 0.29) is 0 Å². The number of amides is 1. The summed E-state index contributed by atoms with van der Waals surface area (Å²) in [5.74, 6) is -0.460. The minimum Gasteiger partial charge on any atom is -0.487 e. The number of nitrogens with zero attached hydrogens (tertiary/aromatic N) is 2. The van der Waals surface area contributed by atoms with E-state index in [4.69, 9.17) is 4.74 Å². The van der Waals surface area contributed by atoms with Crippen molar-refractivity contribution in [2.24, 2.45) is 0 Å². The second-order valence-corrected chi connectivity index (χ2v) is 4.48. The minimum atomic E-state index is -0.512. The van der Waals surface area contributed by atoms with Crippen LogP contribution in [0, 0.1) is 0 Å². The lowest BCUT2D eigenvalue weighted by atomic mass is 10.1. The number of ether oxygens (including phenoxy) is 1. The smallest absolute Gasteiger partial charge is 0.299 e. The van der Waals surface area contributed by atoms with Crippen LogP contribution in [-0.2, 0) is 11.4 Å². The summed E-state index contributed by atoms with van der Waals surface area (Å²) in [5.41, 5.74) is 1.80. The molecule has 0 saturated heterocycles. The summed E-state index contributed by atoms with van der Waals surface area (Å²) >= 11 is 0. The Hall–Kier alpha value is -2.69. The Labute approximate surface area is 115 Å². The van der Waals surface area contributed by atoms with E-state index in [1.165, 1.54) is 4.90 Å². The quantitative estimate of drug-likeness (QED) is 0.797. The molecule has 1 amide bonds. The van der Waals surface area contributed by atoms with Crippen molar-refractivity contribution < 1.29 is 14.3 Å². The van der Waals surface area contributed by atoms with Crippen molar-refractivity contribution in [2.75, 3.05) is 11.9 Å². The van der Waals surface area contributed by atoms with Gasteiger partial charge in [0.15, 0.2) is 0 Å². The standard InChI is InChI=1S/C15H12N2O3/c1-17-13-6-5-11(8-12(13)14(18)15(17)19)20-9-10-4-2-3-7-16-10/h2-8H,9H2,1H3. The predicted octanol–water partition coefficient (Wildman–Crippen LogP) is 1.82. The van der Waals surface area contributed by atoms with Gasteiger partial charge < -0.3 is 9.64 Å². The van der Waals surface area contributed by atoms with Gasteiger partial charge in [-0.3, -0.25) is 14.6 Å². The van der Waals surface area contributed by atoms with Gasteiger partial charge >= 0.3 is 0 Å². The Morgan fingerprint density at radius 1 is 1.20 bits per heavy atom. The summed E-state index contributed by atoms with van der Waals surface area (Å²) < 4.78 is 5.59. The van der Waals surface area contributed by atoms with Crippen LogP contribution in [0.5, 0.6) is 5.75 Å². The molecule has 3 rings (SSSR count). The molecule has 2 heterocycles. The SMILES string of the molecule is CN1C(=O)C(=O)c2cc(OCc3ccccn3)ccc21. The summed E-state index contributed by atoms with van der Waals surface area (Å²) in [6.07, 6.45) is 1.69. The van der Waals surface area contributed by atoms with E-state index in [1.807, 2.05) is 18.2 Å². The highest BCUT2D eigenvalue weighted by atomic mass is 16.5. The highest BCUT2D eigenvalue weighted by molar-refractivity contribution is 6.52. The largest absolute Gasteiger partial charge is 0.487 e. The molecule has 0 radical (unpaired) electrons. The van der Waals surface area contributed by atoms with Gasteiger partial charge in [0.1, 0.15) is 12.4 Å². The Bertz CT molecular complexity index is 683. The van der Waals surface area contributed by atoms with Crippen molar-refractivity contribution in [2.45, 2.75) is 6.61 Å². The normalized spacial score (nSPS) is 13.6. The van der Waals surface area contributed by atoms with Crippen molar-refractivity contribution >= 4 is 17.4 Å². The fourth-order valence-corrected chi connectivity index (χ4v) is 2.10. The van der Waals surface area contributed by atoms with Gasteiger partial charge in [-0.15, -0.1) is 0 Å². The number of anilines is 1. The third-order valence-corrected chi connectivity index (χ3v) is 3.19. The van der Waals surface area contributed by atoms with Gasteiger partial charge in [0.05, 0.1) is 16.9 Å². The van der Waals surface area contributed by atoms with Crippen molar-refractivity contribution in [1.82, 2.24) is 4.98 Å². The topological polar surface area (TPSA) is 59.5 Å². The molecule has 2 aromatic rings. The minimum absolute atomic E-state index is 0.317. The number of Topliss-reactive ketones (excluding diaryl/α,β-unsaturated/α-hetero) is 1. The number of benzene rings is 1. The van der Waals surface area contributed by atoms with Crippen LogP contribution in [0.25, 0.3) is 0 Å². The lowest BCUT2D eigenvalue weighted by Crippen LogP contribution is -2.24. The van der Waals surface area contributed by atoms with Gasteiger partial charge in [0.2, 0.25) is 0 Å². The zero-order chi connectivity index (χ0) is 14.1. The number of fused-ring (bicyclic) bond motifs is 1. The molecule has 20 heavy (non-hydrogen) atoms. The van der Waals surface area contributed by atoms with E-state index >= 15 is 0 Å². The molecule has 1 aliphatic rings. The average Bonchev–Trinajstić information content (AvgIpc) is 2.71. The van der Waals surface area contributed by atoms with Gasteiger partial charge in [-0.1, -0.05) is 6.07 Å². The monoisotopic (exact) mass is 268 g/mol. The molecule has 1 aromatic carbocycles. The van der Waals surface area contributed by atoms with E-state index in [2.05, 4.69) is 4.98 Å². The Kier molecular flexibility index (Phi) is 2.95. The number of likely N-dealkylation sites (N-methyl/N-ethyl adjacent to an activating group) is 1. The third kappa shape index (κ3) is 2.03. The highest BCUT2D eigenvalue weighted by Crippen LogP contribution is 2.31. The lowest BCUT2D eigenvalue weighted by Gasteiger charge is -2.10. The first kappa shape index (κ1) is 12.3.